The summed E-state index contributed by atoms with van der Waals surface area (Å²) in [4.78, 5) is 13.6. The third-order valence-electron chi connectivity index (χ3n) is 4.44. The second-order valence-corrected chi connectivity index (χ2v) is 7.44. The lowest BCUT2D eigenvalue weighted by Crippen LogP contribution is -2.44. The molecular formula is C16H23ClN2OS. The van der Waals surface area contributed by atoms with Crippen LogP contribution in [-0.2, 0) is 11.2 Å². The number of nitrogens with one attached hydrogen (secondary N) is 2. The number of carbonyl (C=O) groups is 1. The molecule has 0 radical (unpaired) electrons. The van der Waals surface area contributed by atoms with Crippen LogP contribution in [0.15, 0.2) is 29.2 Å². The van der Waals surface area contributed by atoms with Crippen molar-refractivity contribution < 1.29 is 4.79 Å². The van der Waals surface area contributed by atoms with E-state index >= 15 is 0 Å². The van der Waals surface area contributed by atoms with Gasteiger partial charge in [0.15, 0.2) is 0 Å². The van der Waals surface area contributed by atoms with Crippen LogP contribution in [0, 0.1) is 5.41 Å². The summed E-state index contributed by atoms with van der Waals surface area (Å²) in [5, 5.41) is 6.61. The molecule has 5 heteroatoms. The topological polar surface area (TPSA) is 41.1 Å². The molecule has 3 nitrogen and oxygen atoms in total. The van der Waals surface area contributed by atoms with Crippen molar-refractivity contribution in [3.63, 3.8) is 0 Å². The molecular weight excluding hydrogens is 304 g/mol. The van der Waals surface area contributed by atoms with E-state index < -0.39 is 0 Å². The second-order valence-electron chi connectivity index (χ2n) is 6.20. The third-order valence-corrected chi connectivity index (χ3v) is 5.76. The number of thioether (sulfide) groups is 1. The molecule has 116 valence electrons. The fourth-order valence-electron chi connectivity index (χ4n) is 2.95. The SMILES string of the molecule is CC1(CNC(=O)C2Cc3ccccc3S2)CCNCC1.Cl. The predicted molar refractivity (Wildman–Crippen MR) is 90.3 cm³/mol. The maximum atomic E-state index is 12.4. The maximum Gasteiger partial charge on any atom is 0.233 e. The first-order chi connectivity index (χ1) is 9.66. The summed E-state index contributed by atoms with van der Waals surface area (Å²) in [6.45, 7) is 5.22. The summed E-state index contributed by atoms with van der Waals surface area (Å²) in [5.41, 5.74) is 1.57. The van der Waals surface area contributed by atoms with Gasteiger partial charge in [-0.15, -0.1) is 24.2 Å². The molecule has 1 fully saturated rings. The zero-order valence-corrected chi connectivity index (χ0v) is 14.0. The van der Waals surface area contributed by atoms with Crippen LogP contribution in [-0.4, -0.2) is 30.8 Å². The summed E-state index contributed by atoms with van der Waals surface area (Å²) < 4.78 is 0. The van der Waals surface area contributed by atoms with E-state index in [2.05, 4.69) is 35.8 Å². The monoisotopic (exact) mass is 326 g/mol. The summed E-state index contributed by atoms with van der Waals surface area (Å²) in [6, 6.07) is 8.34. The number of hydrogen-bond donors (Lipinski definition) is 2. The van der Waals surface area contributed by atoms with Gasteiger partial charge in [0.2, 0.25) is 5.91 Å². The van der Waals surface area contributed by atoms with Crippen molar-refractivity contribution in [2.24, 2.45) is 5.41 Å². The number of benzene rings is 1. The molecule has 0 aliphatic carbocycles. The first-order valence-electron chi connectivity index (χ1n) is 7.39. The molecule has 0 aromatic heterocycles. The Labute approximate surface area is 137 Å². The predicted octanol–water partition coefficient (Wildman–Crippen LogP) is 2.63. The lowest BCUT2D eigenvalue weighted by molar-refractivity contribution is -0.121. The van der Waals surface area contributed by atoms with E-state index in [-0.39, 0.29) is 29.0 Å². The smallest absolute Gasteiger partial charge is 0.233 e. The van der Waals surface area contributed by atoms with E-state index in [9.17, 15) is 4.79 Å². The standard InChI is InChI=1S/C16H22N2OS.ClH/c1-16(6-8-17-9-7-16)11-18-15(19)14-10-12-4-2-3-5-13(12)20-14;/h2-5,14,17H,6-11H2,1H3,(H,18,19);1H. The van der Waals surface area contributed by atoms with Crippen LogP contribution in [0.4, 0.5) is 0 Å². The van der Waals surface area contributed by atoms with Crippen LogP contribution in [0.2, 0.25) is 0 Å². The molecule has 21 heavy (non-hydrogen) atoms. The van der Waals surface area contributed by atoms with Crippen molar-refractivity contribution >= 4 is 30.1 Å². The van der Waals surface area contributed by atoms with E-state index in [1.54, 1.807) is 11.8 Å². The van der Waals surface area contributed by atoms with Crippen molar-refractivity contribution in [1.29, 1.82) is 0 Å². The fraction of sp³-hybridized carbons (Fsp3) is 0.562. The van der Waals surface area contributed by atoms with E-state index in [1.165, 1.54) is 10.5 Å². The number of piperidine rings is 1. The summed E-state index contributed by atoms with van der Waals surface area (Å²) in [6.07, 6.45) is 3.15. The highest BCUT2D eigenvalue weighted by Crippen LogP contribution is 2.37. The minimum Gasteiger partial charge on any atom is -0.355 e. The second kappa shape index (κ2) is 7.03. The van der Waals surface area contributed by atoms with Gasteiger partial charge in [-0.25, -0.2) is 0 Å². The number of amides is 1. The zero-order chi connectivity index (χ0) is 14.0. The Morgan fingerprint density at radius 1 is 1.38 bits per heavy atom. The molecule has 0 bridgehead atoms. The van der Waals surface area contributed by atoms with Gasteiger partial charge in [0, 0.05) is 11.4 Å². The molecule has 2 heterocycles. The van der Waals surface area contributed by atoms with Gasteiger partial charge >= 0.3 is 0 Å². The Balaban J connectivity index is 0.00000161. The summed E-state index contributed by atoms with van der Waals surface area (Å²) in [7, 11) is 0. The molecule has 2 aliphatic rings. The highest BCUT2D eigenvalue weighted by Gasteiger charge is 2.31. The first-order valence-corrected chi connectivity index (χ1v) is 8.27. The number of hydrogen-bond acceptors (Lipinski definition) is 3. The van der Waals surface area contributed by atoms with E-state index in [1.807, 2.05) is 6.07 Å². The van der Waals surface area contributed by atoms with Crippen LogP contribution >= 0.6 is 24.2 Å². The Morgan fingerprint density at radius 2 is 2.10 bits per heavy atom. The van der Waals surface area contributed by atoms with Crippen LogP contribution < -0.4 is 10.6 Å². The molecule has 1 amide bonds. The largest absolute Gasteiger partial charge is 0.355 e. The van der Waals surface area contributed by atoms with Crippen molar-refractivity contribution in [2.75, 3.05) is 19.6 Å². The maximum absolute atomic E-state index is 12.4. The van der Waals surface area contributed by atoms with Crippen molar-refractivity contribution in [1.82, 2.24) is 10.6 Å². The summed E-state index contributed by atoms with van der Waals surface area (Å²) >= 11 is 1.71. The highest BCUT2D eigenvalue weighted by atomic mass is 35.5. The van der Waals surface area contributed by atoms with Gasteiger partial charge in [-0.2, -0.15) is 0 Å². The van der Waals surface area contributed by atoms with E-state index in [0.717, 1.165) is 38.9 Å². The average Bonchev–Trinajstić information content (AvgIpc) is 2.89. The molecule has 1 unspecified atom stereocenters. The molecule has 2 N–H and O–H groups in total. The molecule has 1 saturated heterocycles. The van der Waals surface area contributed by atoms with Gasteiger partial charge in [-0.05, 0) is 49.4 Å². The fourth-order valence-corrected chi connectivity index (χ4v) is 4.17. The van der Waals surface area contributed by atoms with Crippen molar-refractivity contribution in [3.8, 4) is 0 Å². The molecule has 1 aromatic rings. The molecule has 0 saturated carbocycles. The zero-order valence-electron chi connectivity index (χ0n) is 12.4. The Hall–Kier alpha value is -0.710. The lowest BCUT2D eigenvalue weighted by atomic mass is 9.81. The van der Waals surface area contributed by atoms with E-state index in [4.69, 9.17) is 0 Å². The van der Waals surface area contributed by atoms with Gasteiger partial charge in [0.1, 0.15) is 0 Å². The van der Waals surface area contributed by atoms with Crippen LogP contribution in [0.5, 0.6) is 0 Å². The third kappa shape index (κ3) is 3.93. The average molecular weight is 327 g/mol. The van der Waals surface area contributed by atoms with Gasteiger partial charge < -0.3 is 10.6 Å². The lowest BCUT2D eigenvalue weighted by Gasteiger charge is -2.34. The first kappa shape index (κ1) is 16.7. The minimum atomic E-state index is 0. The highest BCUT2D eigenvalue weighted by molar-refractivity contribution is 8.01. The molecule has 0 spiro atoms. The van der Waals surface area contributed by atoms with Crippen molar-refractivity contribution in [2.45, 2.75) is 36.3 Å². The number of halogens is 1. The number of carbonyl (C=O) groups excluding carboxylic acids is 1. The van der Waals surface area contributed by atoms with Crippen LogP contribution in [0.1, 0.15) is 25.3 Å². The molecule has 2 aliphatic heterocycles. The molecule has 1 atom stereocenters. The number of rotatable bonds is 3. The Bertz CT molecular complexity index is 478. The number of fused-ring (bicyclic) bond motifs is 1. The normalized spacial score (nSPS) is 23.0. The molecule has 3 rings (SSSR count). The van der Waals surface area contributed by atoms with E-state index in [0.29, 0.717) is 0 Å². The van der Waals surface area contributed by atoms with Crippen molar-refractivity contribution in [3.05, 3.63) is 29.8 Å². The van der Waals surface area contributed by atoms with Gasteiger partial charge in [0.05, 0.1) is 5.25 Å². The van der Waals surface area contributed by atoms with Crippen LogP contribution in [0.3, 0.4) is 0 Å². The quantitative estimate of drug-likeness (QED) is 0.897. The van der Waals surface area contributed by atoms with Gasteiger partial charge in [-0.1, -0.05) is 25.1 Å². The van der Waals surface area contributed by atoms with Crippen LogP contribution in [0.25, 0.3) is 0 Å². The Morgan fingerprint density at radius 3 is 2.81 bits per heavy atom. The molecule has 1 aromatic carbocycles. The summed E-state index contributed by atoms with van der Waals surface area (Å²) in [5.74, 6) is 0.200. The van der Waals surface area contributed by atoms with Gasteiger partial charge in [0.25, 0.3) is 0 Å². The minimum absolute atomic E-state index is 0. The Kier molecular flexibility index (Phi) is 5.58. The van der Waals surface area contributed by atoms with Gasteiger partial charge in [-0.3, -0.25) is 4.79 Å².